The van der Waals surface area contributed by atoms with Crippen molar-refractivity contribution in [2.45, 2.75) is 32.9 Å². The van der Waals surface area contributed by atoms with Gasteiger partial charge in [0.15, 0.2) is 5.78 Å². The number of hydrogen-bond donors (Lipinski definition) is 1. The normalized spacial score (nSPS) is 11.0. The second-order valence-corrected chi connectivity index (χ2v) is 6.75. The number of thioether (sulfide) groups is 1. The Morgan fingerprint density at radius 3 is 2.59 bits per heavy atom. The summed E-state index contributed by atoms with van der Waals surface area (Å²) in [5.41, 5.74) is 2.56. The number of furan rings is 1. The van der Waals surface area contributed by atoms with Gasteiger partial charge in [-0.2, -0.15) is 0 Å². The summed E-state index contributed by atoms with van der Waals surface area (Å²) in [6.07, 6.45) is 1.54. The van der Waals surface area contributed by atoms with Gasteiger partial charge in [-0.25, -0.2) is 4.79 Å². The Labute approximate surface area is 159 Å². The molecular formula is C18H19N3O5S. The van der Waals surface area contributed by atoms with Crippen LogP contribution in [0.15, 0.2) is 26.4 Å². The lowest BCUT2D eigenvalue weighted by atomic mass is 10.1. The predicted octanol–water partition coefficient (Wildman–Crippen LogP) is 3.73. The largest absolute Gasteiger partial charge is 0.469 e. The van der Waals surface area contributed by atoms with Crippen LogP contribution in [-0.4, -0.2) is 39.3 Å². The average molecular weight is 389 g/mol. The number of aryl methyl sites for hydroxylation is 3. The molecule has 0 unspecified atom stereocenters. The van der Waals surface area contributed by atoms with Crippen LogP contribution < -0.4 is 0 Å². The number of carbonyl (C=O) groups excluding carboxylic acids is 2. The molecule has 27 heavy (non-hydrogen) atoms. The van der Waals surface area contributed by atoms with E-state index in [1.807, 2.05) is 0 Å². The summed E-state index contributed by atoms with van der Waals surface area (Å²) in [5.74, 6) is 0.324. The van der Waals surface area contributed by atoms with Crippen LogP contribution in [0.3, 0.4) is 0 Å². The zero-order valence-corrected chi connectivity index (χ0v) is 16.2. The number of aromatic amines is 1. The molecule has 0 saturated heterocycles. The van der Waals surface area contributed by atoms with Crippen molar-refractivity contribution >= 4 is 23.5 Å². The van der Waals surface area contributed by atoms with Crippen molar-refractivity contribution in [2.24, 2.45) is 0 Å². The van der Waals surface area contributed by atoms with Gasteiger partial charge in [-0.1, -0.05) is 11.8 Å². The minimum absolute atomic E-state index is 0.0521. The molecule has 8 nitrogen and oxygen atoms in total. The summed E-state index contributed by atoms with van der Waals surface area (Å²) in [6.45, 7) is 7.24. The number of carbonyl (C=O) groups is 2. The number of ether oxygens (including phenoxy) is 1. The molecule has 0 fully saturated rings. The van der Waals surface area contributed by atoms with Gasteiger partial charge in [0, 0.05) is 11.4 Å². The summed E-state index contributed by atoms with van der Waals surface area (Å²) < 4.78 is 15.9. The highest BCUT2D eigenvalue weighted by Gasteiger charge is 2.25. The molecule has 0 aliphatic heterocycles. The summed E-state index contributed by atoms with van der Waals surface area (Å²) in [7, 11) is 0. The maximum absolute atomic E-state index is 12.7. The van der Waals surface area contributed by atoms with E-state index in [1.54, 1.807) is 40.0 Å². The second-order valence-electron chi connectivity index (χ2n) is 5.82. The number of H-pyrrole nitrogens is 1. The minimum atomic E-state index is -0.511. The predicted molar refractivity (Wildman–Crippen MR) is 98.0 cm³/mol. The van der Waals surface area contributed by atoms with Gasteiger partial charge < -0.3 is 18.6 Å². The van der Waals surface area contributed by atoms with Crippen LogP contribution in [0.1, 0.15) is 44.8 Å². The summed E-state index contributed by atoms with van der Waals surface area (Å²) in [4.78, 5) is 27.9. The molecule has 0 atom stereocenters. The molecule has 0 saturated carbocycles. The van der Waals surface area contributed by atoms with Crippen LogP contribution in [0.4, 0.5) is 0 Å². The van der Waals surface area contributed by atoms with Crippen molar-refractivity contribution in [3.8, 4) is 11.5 Å². The number of rotatable bonds is 7. The fraction of sp³-hybridized carbons (Fsp3) is 0.333. The Bertz CT molecular complexity index is 985. The van der Waals surface area contributed by atoms with Crippen molar-refractivity contribution in [3.63, 3.8) is 0 Å². The van der Waals surface area contributed by atoms with Crippen LogP contribution in [-0.2, 0) is 4.74 Å². The quantitative estimate of drug-likeness (QED) is 0.370. The lowest BCUT2D eigenvalue weighted by molar-refractivity contribution is 0.0522. The number of nitrogens with one attached hydrogen (secondary N) is 1. The molecule has 9 heteroatoms. The number of Topliss-reactive ketones (excluding diaryl/α,β-unsaturated/α-hetero) is 1. The SMILES string of the molecule is CCOC(=O)c1c(C)[nH]c(C)c1C(=O)CSc1nnc(-c2ccoc2C)o1. The minimum Gasteiger partial charge on any atom is -0.469 e. The number of aromatic nitrogens is 3. The fourth-order valence-corrected chi connectivity index (χ4v) is 3.41. The Hall–Kier alpha value is -2.81. The zero-order valence-electron chi connectivity index (χ0n) is 15.4. The number of ketones is 1. The molecule has 0 aliphatic rings. The highest BCUT2D eigenvalue weighted by atomic mass is 32.2. The van der Waals surface area contributed by atoms with Gasteiger partial charge in [0.1, 0.15) is 5.76 Å². The molecule has 0 spiro atoms. The lowest BCUT2D eigenvalue weighted by Gasteiger charge is -2.05. The summed E-state index contributed by atoms with van der Waals surface area (Å²) >= 11 is 1.11. The zero-order chi connectivity index (χ0) is 19.6. The number of hydrogen-bond acceptors (Lipinski definition) is 8. The van der Waals surface area contributed by atoms with Crippen molar-refractivity contribution in [1.29, 1.82) is 0 Å². The molecule has 0 bridgehead atoms. The van der Waals surface area contributed by atoms with Gasteiger partial charge in [0.25, 0.3) is 11.1 Å². The molecule has 0 amide bonds. The molecule has 3 rings (SSSR count). The highest BCUT2D eigenvalue weighted by molar-refractivity contribution is 7.99. The third kappa shape index (κ3) is 3.82. The van der Waals surface area contributed by atoms with E-state index in [2.05, 4.69) is 15.2 Å². The topological polar surface area (TPSA) is 111 Å². The third-order valence-electron chi connectivity index (χ3n) is 3.96. The standard InChI is InChI=1S/C18H19N3O5S/c1-5-24-17(23)15-10(3)19-9(2)14(15)13(22)8-27-18-21-20-16(26-18)12-6-7-25-11(12)4/h6-7,19H,5,8H2,1-4H3. The fourth-order valence-electron chi connectivity index (χ4n) is 2.77. The first-order chi connectivity index (χ1) is 12.9. The van der Waals surface area contributed by atoms with Crippen LogP contribution >= 0.6 is 11.8 Å². The molecule has 0 radical (unpaired) electrons. The molecule has 3 aromatic rings. The average Bonchev–Trinajstić information content (AvgIpc) is 3.31. The van der Waals surface area contributed by atoms with Gasteiger partial charge in [-0.15, -0.1) is 10.2 Å². The first-order valence-electron chi connectivity index (χ1n) is 8.32. The van der Waals surface area contributed by atoms with Crippen LogP contribution in [0.5, 0.6) is 0 Å². The van der Waals surface area contributed by atoms with Gasteiger partial charge in [0.2, 0.25) is 0 Å². The molecule has 3 aromatic heterocycles. The lowest BCUT2D eigenvalue weighted by Crippen LogP contribution is -2.13. The highest BCUT2D eigenvalue weighted by Crippen LogP contribution is 2.28. The first-order valence-corrected chi connectivity index (χ1v) is 9.31. The monoisotopic (exact) mass is 389 g/mol. The Morgan fingerprint density at radius 1 is 1.19 bits per heavy atom. The smallest absolute Gasteiger partial charge is 0.340 e. The third-order valence-corrected chi connectivity index (χ3v) is 4.77. The Kier molecular flexibility index (Phi) is 5.50. The van der Waals surface area contributed by atoms with Crippen molar-refractivity contribution in [3.05, 3.63) is 40.6 Å². The Morgan fingerprint density at radius 2 is 1.93 bits per heavy atom. The molecule has 0 aliphatic carbocycles. The van der Waals surface area contributed by atoms with Gasteiger partial charge in [0.05, 0.1) is 35.3 Å². The number of esters is 1. The van der Waals surface area contributed by atoms with E-state index in [-0.39, 0.29) is 28.9 Å². The molecule has 1 N–H and O–H groups in total. The number of nitrogens with zero attached hydrogens (tertiary/aromatic N) is 2. The van der Waals surface area contributed by atoms with E-state index in [1.165, 1.54) is 0 Å². The van der Waals surface area contributed by atoms with E-state index in [9.17, 15) is 9.59 Å². The first kappa shape index (κ1) is 19.0. The van der Waals surface area contributed by atoms with E-state index >= 15 is 0 Å². The van der Waals surface area contributed by atoms with E-state index in [0.717, 1.165) is 11.8 Å². The maximum atomic E-state index is 12.7. The second kappa shape index (κ2) is 7.83. The summed E-state index contributed by atoms with van der Waals surface area (Å²) in [5, 5.41) is 8.18. The van der Waals surface area contributed by atoms with Crippen LogP contribution in [0.25, 0.3) is 11.5 Å². The van der Waals surface area contributed by atoms with Crippen molar-refractivity contribution < 1.29 is 23.2 Å². The molecule has 0 aromatic carbocycles. The molecular weight excluding hydrogens is 370 g/mol. The summed E-state index contributed by atoms with van der Waals surface area (Å²) in [6, 6.07) is 1.74. The van der Waals surface area contributed by atoms with E-state index in [4.69, 9.17) is 13.6 Å². The van der Waals surface area contributed by atoms with E-state index in [0.29, 0.717) is 34.2 Å². The van der Waals surface area contributed by atoms with Gasteiger partial charge in [-0.05, 0) is 33.8 Å². The van der Waals surface area contributed by atoms with Crippen LogP contribution in [0, 0.1) is 20.8 Å². The molecule has 142 valence electrons. The van der Waals surface area contributed by atoms with Crippen LogP contribution in [0.2, 0.25) is 0 Å². The van der Waals surface area contributed by atoms with E-state index < -0.39 is 5.97 Å². The van der Waals surface area contributed by atoms with Crippen molar-refractivity contribution in [2.75, 3.05) is 12.4 Å². The van der Waals surface area contributed by atoms with Gasteiger partial charge in [-0.3, -0.25) is 4.79 Å². The molecule has 3 heterocycles. The Balaban J connectivity index is 1.75. The van der Waals surface area contributed by atoms with Crippen molar-refractivity contribution in [1.82, 2.24) is 15.2 Å². The van der Waals surface area contributed by atoms with Gasteiger partial charge >= 0.3 is 5.97 Å². The maximum Gasteiger partial charge on any atom is 0.340 e.